The van der Waals surface area contributed by atoms with Crippen molar-refractivity contribution in [3.05, 3.63) is 59.2 Å². The van der Waals surface area contributed by atoms with E-state index >= 15 is 0 Å². The summed E-state index contributed by atoms with van der Waals surface area (Å²) in [6, 6.07) is 13.5. The molecule has 0 spiro atoms. The molecule has 1 aliphatic heterocycles. The summed E-state index contributed by atoms with van der Waals surface area (Å²) in [5, 5.41) is 6.97. The van der Waals surface area contributed by atoms with Gasteiger partial charge in [0.15, 0.2) is 0 Å². The standard InChI is InChI=1S/C19H20N2O3/c1-12-8-13(2)10-14(9-12)20-19(22)18-11-16(21-24-18)15-6-4-5-7-17(15)23-3/h4-10,18H,11H2,1-3H3,(H,20,22). The van der Waals surface area contributed by atoms with Gasteiger partial charge in [0.1, 0.15) is 5.75 Å². The number of hydrogen-bond donors (Lipinski definition) is 1. The van der Waals surface area contributed by atoms with Crippen LogP contribution in [-0.2, 0) is 9.63 Å². The van der Waals surface area contributed by atoms with E-state index in [0.717, 1.165) is 28.1 Å². The Hall–Kier alpha value is -2.82. The van der Waals surface area contributed by atoms with Gasteiger partial charge in [-0.1, -0.05) is 23.4 Å². The van der Waals surface area contributed by atoms with Crippen LogP contribution in [0.2, 0.25) is 0 Å². The van der Waals surface area contributed by atoms with E-state index in [-0.39, 0.29) is 5.91 Å². The summed E-state index contributed by atoms with van der Waals surface area (Å²) in [5.74, 6) is 0.517. The zero-order valence-corrected chi connectivity index (χ0v) is 14.0. The van der Waals surface area contributed by atoms with Crippen molar-refractivity contribution in [2.24, 2.45) is 5.16 Å². The Bertz CT molecular complexity index is 779. The van der Waals surface area contributed by atoms with Crippen LogP contribution in [0.25, 0.3) is 0 Å². The third-order valence-corrected chi connectivity index (χ3v) is 3.87. The monoisotopic (exact) mass is 324 g/mol. The summed E-state index contributed by atoms with van der Waals surface area (Å²) >= 11 is 0. The molecule has 0 fully saturated rings. The van der Waals surface area contributed by atoms with Gasteiger partial charge in [0.25, 0.3) is 5.91 Å². The fourth-order valence-electron chi connectivity index (χ4n) is 2.83. The Kier molecular flexibility index (Phi) is 4.51. The number of benzene rings is 2. The smallest absolute Gasteiger partial charge is 0.268 e. The van der Waals surface area contributed by atoms with Crippen molar-refractivity contribution >= 4 is 17.3 Å². The highest BCUT2D eigenvalue weighted by molar-refractivity contribution is 6.07. The van der Waals surface area contributed by atoms with Gasteiger partial charge in [-0.3, -0.25) is 4.79 Å². The molecule has 1 N–H and O–H groups in total. The largest absolute Gasteiger partial charge is 0.496 e. The number of hydrogen-bond acceptors (Lipinski definition) is 4. The minimum atomic E-state index is -0.634. The number of carbonyl (C=O) groups is 1. The number of rotatable bonds is 4. The molecule has 124 valence electrons. The number of anilines is 1. The van der Waals surface area contributed by atoms with Crippen molar-refractivity contribution in [2.45, 2.75) is 26.4 Å². The van der Waals surface area contributed by atoms with Gasteiger partial charge in [-0.05, 0) is 49.2 Å². The molecule has 1 atom stereocenters. The molecule has 2 aromatic rings. The zero-order chi connectivity index (χ0) is 17.1. The maximum absolute atomic E-state index is 12.4. The minimum absolute atomic E-state index is 0.200. The lowest BCUT2D eigenvalue weighted by atomic mass is 10.0. The van der Waals surface area contributed by atoms with E-state index in [4.69, 9.17) is 9.57 Å². The molecular formula is C19H20N2O3. The van der Waals surface area contributed by atoms with E-state index < -0.39 is 6.10 Å². The quantitative estimate of drug-likeness (QED) is 0.937. The normalized spacial score (nSPS) is 16.3. The van der Waals surface area contributed by atoms with Crippen LogP contribution in [0, 0.1) is 13.8 Å². The molecule has 1 amide bonds. The molecule has 0 saturated carbocycles. The number of para-hydroxylation sites is 1. The van der Waals surface area contributed by atoms with Crippen LogP contribution < -0.4 is 10.1 Å². The lowest BCUT2D eigenvalue weighted by Gasteiger charge is -2.11. The first-order valence-electron chi connectivity index (χ1n) is 7.82. The van der Waals surface area contributed by atoms with E-state index in [1.54, 1.807) is 7.11 Å². The van der Waals surface area contributed by atoms with Crippen LogP contribution in [0.4, 0.5) is 5.69 Å². The average Bonchev–Trinajstić information content (AvgIpc) is 3.03. The van der Waals surface area contributed by atoms with Gasteiger partial charge in [0.2, 0.25) is 6.10 Å². The van der Waals surface area contributed by atoms with Gasteiger partial charge >= 0.3 is 0 Å². The fourth-order valence-corrected chi connectivity index (χ4v) is 2.83. The number of ether oxygens (including phenoxy) is 1. The summed E-state index contributed by atoms with van der Waals surface area (Å²) in [6.45, 7) is 4.00. The molecule has 2 aromatic carbocycles. The summed E-state index contributed by atoms with van der Waals surface area (Å²) in [7, 11) is 1.61. The van der Waals surface area contributed by atoms with E-state index in [9.17, 15) is 4.79 Å². The molecule has 0 radical (unpaired) electrons. The highest BCUT2D eigenvalue weighted by atomic mass is 16.6. The highest BCUT2D eigenvalue weighted by Crippen LogP contribution is 2.25. The number of oxime groups is 1. The predicted molar refractivity (Wildman–Crippen MR) is 93.6 cm³/mol. The number of aryl methyl sites for hydroxylation is 2. The Morgan fingerprint density at radius 1 is 1.21 bits per heavy atom. The third-order valence-electron chi connectivity index (χ3n) is 3.87. The summed E-state index contributed by atoms with van der Waals surface area (Å²) in [4.78, 5) is 17.8. The molecule has 0 aromatic heterocycles. The molecular weight excluding hydrogens is 304 g/mol. The van der Waals surface area contributed by atoms with Crippen molar-refractivity contribution in [1.82, 2.24) is 0 Å². The van der Waals surface area contributed by atoms with E-state index in [2.05, 4.69) is 16.5 Å². The molecule has 0 aliphatic carbocycles. The molecule has 5 heteroatoms. The van der Waals surface area contributed by atoms with Crippen LogP contribution in [0.15, 0.2) is 47.6 Å². The van der Waals surface area contributed by atoms with Crippen molar-refractivity contribution in [3.8, 4) is 5.75 Å². The second-order valence-electron chi connectivity index (χ2n) is 5.90. The maximum atomic E-state index is 12.4. The fraction of sp³-hybridized carbons (Fsp3) is 0.263. The number of amides is 1. The number of nitrogens with zero attached hydrogens (tertiary/aromatic N) is 1. The van der Waals surface area contributed by atoms with Gasteiger partial charge in [0, 0.05) is 17.7 Å². The molecule has 3 rings (SSSR count). The van der Waals surface area contributed by atoms with Crippen LogP contribution in [0.1, 0.15) is 23.1 Å². The van der Waals surface area contributed by atoms with Crippen molar-refractivity contribution in [1.29, 1.82) is 0 Å². The molecule has 1 heterocycles. The molecule has 1 aliphatic rings. The van der Waals surface area contributed by atoms with Crippen molar-refractivity contribution < 1.29 is 14.4 Å². The van der Waals surface area contributed by atoms with E-state index in [0.29, 0.717) is 12.1 Å². The Labute approximate surface area is 141 Å². The van der Waals surface area contributed by atoms with Crippen LogP contribution in [0.3, 0.4) is 0 Å². The molecule has 5 nitrogen and oxygen atoms in total. The summed E-state index contributed by atoms with van der Waals surface area (Å²) in [5.41, 5.74) is 4.54. The van der Waals surface area contributed by atoms with Crippen LogP contribution >= 0.6 is 0 Å². The molecule has 24 heavy (non-hydrogen) atoms. The van der Waals surface area contributed by atoms with Gasteiger partial charge in [-0.25, -0.2) is 0 Å². The molecule has 0 saturated heterocycles. The first kappa shape index (κ1) is 16.1. The lowest BCUT2D eigenvalue weighted by Crippen LogP contribution is -2.28. The first-order chi connectivity index (χ1) is 11.6. The molecule has 0 bridgehead atoms. The maximum Gasteiger partial charge on any atom is 0.268 e. The third kappa shape index (κ3) is 3.40. The van der Waals surface area contributed by atoms with E-state index in [1.807, 2.05) is 50.2 Å². The van der Waals surface area contributed by atoms with Crippen LogP contribution in [-0.4, -0.2) is 24.8 Å². The topological polar surface area (TPSA) is 59.9 Å². The molecule has 1 unspecified atom stereocenters. The minimum Gasteiger partial charge on any atom is -0.496 e. The average molecular weight is 324 g/mol. The second kappa shape index (κ2) is 6.74. The Morgan fingerprint density at radius 3 is 2.62 bits per heavy atom. The number of methoxy groups -OCH3 is 1. The van der Waals surface area contributed by atoms with Gasteiger partial charge in [-0.15, -0.1) is 0 Å². The lowest BCUT2D eigenvalue weighted by molar-refractivity contribution is -0.125. The van der Waals surface area contributed by atoms with Gasteiger partial charge < -0.3 is 14.9 Å². The van der Waals surface area contributed by atoms with Crippen molar-refractivity contribution in [2.75, 3.05) is 12.4 Å². The van der Waals surface area contributed by atoms with Gasteiger partial charge in [-0.2, -0.15) is 0 Å². The van der Waals surface area contributed by atoms with Crippen LogP contribution in [0.5, 0.6) is 5.75 Å². The first-order valence-corrected chi connectivity index (χ1v) is 7.82. The van der Waals surface area contributed by atoms with E-state index in [1.165, 1.54) is 0 Å². The highest BCUT2D eigenvalue weighted by Gasteiger charge is 2.30. The predicted octanol–water partition coefficient (Wildman–Crippen LogP) is 3.44. The zero-order valence-electron chi connectivity index (χ0n) is 14.0. The SMILES string of the molecule is COc1ccccc1C1=NOC(C(=O)Nc2cc(C)cc(C)c2)C1. The Morgan fingerprint density at radius 2 is 1.92 bits per heavy atom. The van der Waals surface area contributed by atoms with Gasteiger partial charge in [0.05, 0.1) is 12.8 Å². The number of carbonyl (C=O) groups excluding carboxylic acids is 1. The second-order valence-corrected chi connectivity index (χ2v) is 5.90. The van der Waals surface area contributed by atoms with Crippen molar-refractivity contribution in [3.63, 3.8) is 0 Å². The summed E-state index contributed by atoms with van der Waals surface area (Å²) < 4.78 is 5.34. The summed E-state index contributed by atoms with van der Waals surface area (Å²) in [6.07, 6.45) is -0.220. The Balaban J connectivity index is 1.69. The number of nitrogens with one attached hydrogen (secondary N) is 1.